The Bertz CT molecular complexity index is 407. The fourth-order valence-corrected chi connectivity index (χ4v) is 2.76. The van der Waals surface area contributed by atoms with E-state index in [4.69, 9.17) is 4.74 Å². The van der Waals surface area contributed by atoms with Gasteiger partial charge in [-0.15, -0.1) is 0 Å². The van der Waals surface area contributed by atoms with E-state index in [-0.39, 0.29) is 0 Å². The minimum Gasteiger partial charge on any atom is -0.489 e. The number of para-hydroxylation sites is 1. The molecule has 2 heteroatoms. The van der Waals surface area contributed by atoms with Gasteiger partial charge < -0.3 is 10.1 Å². The van der Waals surface area contributed by atoms with Gasteiger partial charge in [0.05, 0.1) is 0 Å². The van der Waals surface area contributed by atoms with Crippen molar-refractivity contribution in [2.75, 3.05) is 6.61 Å². The van der Waals surface area contributed by atoms with Gasteiger partial charge in [0.25, 0.3) is 0 Å². The number of ether oxygens (including phenoxy) is 1. The monoisotopic (exact) mass is 259 g/mol. The van der Waals surface area contributed by atoms with Gasteiger partial charge >= 0.3 is 0 Å². The Balaban J connectivity index is 1.96. The molecule has 0 bridgehead atoms. The normalized spacial score (nSPS) is 17.9. The van der Waals surface area contributed by atoms with Crippen molar-refractivity contribution in [3.8, 4) is 5.75 Å². The van der Waals surface area contributed by atoms with Gasteiger partial charge in [0, 0.05) is 17.6 Å². The van der Waals surface area contributed by atoms with E-state index in [0.717, 1.165) is 12.3 Å². The molecule has 0 spiro atoms. The highest BCUT2D eigenvalue weighted by Gasteiger charge is 2.25. The highest BCUT2D eigenvalue weighted by Crippen LogP contribution is 2.28. The van der Waals surface area contributed by atoms with Crippen molar-refractivity contribution in [2.24, 2.45) is 0 Å². The average molecular weight is 259 g/mol. The largest absolute Gasteiger partial charge is 0.489 e. The highest BCUT2D eigenvalue weighted by atomic mass is 16.5. The first-order chi connectivity index (χ1) is 9.23. The second kappa shape index (κ2) is 6.76. The molecule has 104 valence electrons. The number of nitrogens with one attached hydrogen (secondary N) is 1. The van der Waals surface area contributed by atoms with Crippen LogP contribution < -0.4 is 10.1 Å². The fraction of sp³-hybridized carbons (Fsp3) is 0.529. The van der Waals surface area contributed by atoms with Crippen molar-refractivity contribution < 1.29 is 4.74 Å². The topological polar surface area (TPSA) is 21.3 Å². The lowest BCUT2D eigenvalue weighted by Crippen LogP contribution is -2.43. The lowest BCUT2D eigenvalue weighted by molar-refractivity contribution is 0.250. The summed E-state index contributed by atoms with van der Waals surface area (Å²) >= 11 is 0. The summed E-state index contributed by atoms with van der Waals surface area (Å²) in [7, 11) is 0. The van der Waals surface area contributed by atoms with Crippen LogP contribution in [0.5, 0.6) is 5.75 Å². The molecule has 1 saturated carbocycles. The summed E-state index contributed by atoms with van der Waals surface area (Å²) in [5.41, 5.74) is 1.53. The zero-order valence-corrected chi connectivity index (χ0v) is 12.0. The highest BCUT2D eigenvalue weighted by molar-refractivity contribution is 5.33. The Morgan fingerprint density at radius 3 is 2.74 bits per heavy atom. The van der Waals surface area contributed by atoms with Crippen molar-refractivity contribution >= 4 is 0 Å². The Morgan fingerprint density at radius 2 is 2.00 bits per heavy atom. The van der Waals surface area contributed by atoms with Crippen LogP contribution in [-0.2, 0) is 6.54 Å². The Morgan fingerprint density at radius 1 is 1.26 bits per heavy atom. The van der Waals surface area contributed by atoms with Crippen molar-refractivity contribution in [1.82, 2.24) is 5.32 Å². The molecule has 1 aromatic carbocycles. The second-order valence-corrected chi connectivity index (χ2v) is 5.68. The summed E-state index contributed by atoms with van der Waals surface area (Å²) in [6, 6.07) is 8.26. The van der Waals surface area contributed by atoms with E-state index >= 15 is 0 Å². The zero-order valence-electron chi connectivity index (χ0n) is 12.0. The van der Waals surface area contributed by atoms with Crippen LogP contribution in [-0.4, -0.2) is 12.1 Å². The molecule has 0 radical (unpaired) electrons. The third-order valence-electron chi connectivity index (χ3n) is 3.99. The summed E-state index contributed by atoms with van der Waals surface area (Å²) < 4.78 is 5.70. The Labute approximate surface area is 116 Å². The Kier molecular flexibility index (Phi) is 5.03. The smallest absolute Gasteiger partial charge is 0.124 e. The first kappa shape index (κ1) is 14.1. The van der Waals surface area contributed by atoms with Gasteiger partial charge in [-0.25, -0.2) is 0 Å². The van der Waals surface area contributed by atoms with Crippen molar-refractivity contribution in [3.63, 3.8) is 0 Å². The maximum atomic E-state index is 5.70. The maximum absolute atomic E-state index is 5.70. The van der Waals surface area contributed by atoms with E-state index < -0.39 is 0 Å². The third-order valence-corrected chi connectivity index (χ3v) is 3.99. The predicted octanol–water partition coefficient (Wildman–Crippen LogP) is 4.06. The zero-order chi connectivity index (χ0) is 13.6. The number of hydrogen-bond donors (Lipinski definition) is 1. The molecule has 1 aliphatic rings. The SMILES string of the molecule is C=CCOc1ccccc1CNC1(C)CCCCC1. The number of hydrogen-bond acceptors (Lipinski definition) is 2. The standard InChI is InChI=1S/C17H25NO/c1-3-13-19-16-10-6-5-9-15(16)14-18-17(2)11-7-4-8-12-17/h3,5-6,9-10,18H,1,4,7-8,11-14H2,2H3. The molecule has 0 heterocycles. The minimum absolute atomic E-state index is 0.295. The molecule has 1 aromatic rings. The van der Waals surface area contributed by atoms with E-state index in [1.807, 2.05) is 12.1 Å². The molecule has 0 aromatic heterocycles. The van der Waals surface area contributed by atoms with Crippen LogP contribution in [0.1, 0.15) is 44.6 Å². The molecule has 0 unspecified atom stereocenters. The third kappa shape index (κ3) is 4.10. The summed E-state index contributed by atoms with van der Waals surface area (Å²) in [4.78, 5) is 0. The van der Waals surface area contributed by atoms with Gasteiger partial charge in [-0.05, 0) is 25.8 Å². The van der Waals surface area contributed by atoms with Crippen LogP contribution in [0.25, 0.3) is 0 Å². The van der Waals surface area contributed by atoms with Gasteiger partial charge in [-0.2, -0.15) is 0 Å². The number of rotatable bonds is 6. The lowest BCUT2D eigenvalue weighted by Gasteiger charge is -2.35. The van der Waals surface area contributed by atoms with Crippen LogP contribution in [0, 0.1) is 0 Å². The summed E-state index contributed by atoms with van der Waals surface area (Å²) in [5.74, 6) is 0.967. The first-order valence-corrected chi connectivity index (χ1v) is 7.30. The van der Waals surface area contributed by atoms with E-state index in [2.05, 4.69) is 31.0 Å². The number of benzene rings is 1. The lowest BCUT2D eigenvalue weighted by atomic mass is 9.83. The molecule has 0 saturated heterocycles. The van der Waals surface area contributed by atoms with Gasteiger partial charge in [-0.3, -0.25) is 0 Å². The first-order valence-electron chi connectivity index (χ1n) is 7.30. The van der Waals surface area contributed by atoms with Crippen molar-refractivity contribution in [1.29, 1.82) is 0 Å². The molecule has 2 nitrogen and oxygen atoms in total. The molecule has 0 aliphatic heterocycles. The van der Waals surface area contributed by atoms with E-state index in [1.165, 1.54) is 37.7 Å². The molecule has 1 fully saturated rings. The van der Waals surface area contributed by atoms with Crippen LogP contribution in [0.15, 0.2) is 36.9 Å². The average Bonchev–Trinajstić information content (AvgIpc) is 2.45. The molecular weight excluding hydrogens is 234 g/mol. The minimum atomic E-state index is 0.295. The second-order valence-electron chi connectivity index (χ2n) is 5.68. The fourth-order valence-electron chi connectivity index (χ4n) is 2.76. The molecule has 1 N–H and O–H groups in total. The molecule has 0 atom stereocenters. The predicted molar refractivity (Wildman–Crippen MR) is 80.5 cm³/mol. The molecule has 1 aliphatic carbocycles. The molecule has 19 heavy (non-hydrogen) atoms. The van der Waals surface area contributed by atoms with Crippen LogP contribution in [0.3, 0.4) is 0 Å². The summed E-state index contributed by atoms with van der Waals surface area (Å²) in [6.45, 7) is 7.48. The van der Waals surface area contributed by atoms with Gasteiger partial charge in [-0.1, -0.05) is 50.1 Å². The van der Waals surface area contributed by atoms with E-state index in [0.29, 0.717) is 12.1 Å². The molecule has 2 rings (SSSR count). The van der Waals surface area contributed by atoms with Crippen LogP contribution in [0.4, 0.5) is 0 Å². The van der Waals surface area contributed by atoms with Gasteiger partial charge in [0.15, 0.2) is 0 Å². The molecule has 0 amide bonds. The summed E-state index contributed by atoms with van der Waals surface area (Å²) in [5, 5.41) is 3.73. The molecular formula is C17H25NO. The van der Waals surface area contributed by atoms with Crippen LogP contribution in [0.2, 0.25) is 0 Å². The van der Waals surface area contributed by atoms with E-state index in [9.17, 15) is 0 Å². The van der Waals surface area contributed by atoms with Crippen molar-refractivity contribution in [3.05, 3.63) is 42.5 Å². The van der Waals surface area contributed by atoms with Crippen LogP contribution >= 0.6 is 0 Å². The van der Waals surface area contributed by atoms with E-state index in [1.54, 1.807) is 6.08 Å². The maximum Gasteiger partial charge on any atom is 0.124 e. The Hall–Kier alpha value is -1.28. The quantitative estimate of drug-likeness (QED) is 0.778. The van der Waals surface area contributed by atoms with Crippen molar-refractivity contribution in [2.45, 2.75) is 51.1 Å². The summed E-state index contributed by atoms with van der Waals surface area (Å²) in [6.07, 6.45) is 8.42. The van der Waals surface area contributed by atoms with Gasteiger partial charge in [0.2, 0.25) is 0 Å². The van der Waals surface area contributed by atoms with Gasteiger partial charge in [0.1, 0.15) is 12.4 Å².